The number of phenols is 1. The Hall–Kier alpha value is -6.70. The van der Waals surface area contributed by atoms with Gasteiger partial charge in [-0.15, -0.1) is 0 Å². The van der Waals surface area contributed by atoms with Crippen LogP contribution in [0.3, 0.4) is 0 Å². The molecule has 1 aliphatic carbocycles. The van der Waals surface area contributed by atoms with E-state index in [2.05, 4.69) is 26.6 Å². The van der Waals surface area contributed by atoms with Crippen molar-refractivity contribution in [3.05, 3.63) is 125 Å². The summed E-state index contributed by atoms with van der Waals surface area (Å²) in [5, 5.41) is 30.7. The largest absolute Gasteiger partial charge is 0.508 e. The van der Waals surface area contributed by atoms with E-state index in [-0.39, 0.29) is 31.1 Å². The molecule has 274 valence electrons. The quantitative estimate of drug-likeness (QED) is 0.0901. The summed E-state index contributed by atoms with van der Waals surface area (Å²) in [5.41, 5.74) is 5.47. The number of phenolic OH excluding ortho intramolecular Hbond substituents is 1. The lowest BCUT2D eigenvalue weighted by atomic mass is 9.98. The minimum atomic E-state index is -1.25. The SMILES string of the molecule is O=C(O)CNC(=O)CNC(=O)[C@H](Cc1ccccc1)NC(=O)CNC(=O)[C@H](Cc1ccc(O)cc1)NC(=O)OCC1c2ccccc2-c2ccccc21. The van der Waals surface area contributed by atoms with Crippen LogP contribution < -0.4 is 26.6 Å². The van der Waals surface area contributed by atoms with Crippen LogP contribution in [0.1, 0.15) is 28.2 Å². The van der Waals surface area contributed by atoms with E-state index >= 15 is 0 Å². The summed E-state index contributed by atoms with van der Waals surface area (Å²) in [4.78, 5) is 75.4. The van der Waals surface area contributed by atoms with Crippen LogP contribution in [0.5, 0.6) is 5.75 Å². The molecule has 14 heteroatoms. The first kappa shape index (κ1) is 37.6. The molecule has 5 rings (SSSR count). The van der Waals surface area contributed by atoms with Crippen LogP contribution in [0.4, 0.5) is 4.79 Å². The van der Waals surface area contributed by atoms with Crippen LogP contribution in [-0.4, -0.2) is 84.2 Å². The summed E-state index contributed by atoms with van der Waals surface area (Å²) in [6, 6.07) is 28.3. The minimum Gasteiger partial charge on any atom is -0.508 e. The third kappa shape index (κ3) is 10.7. The zero-order chi connectivity index (χ0) is 37.7. The van der Waals surface area contributed by atoms with Crippen molar-refractivity contribution in [3.63, 3.8) is 0 Å². The summed E-state index contributed by atoms with van der Waals surface area (Å²) in [5.74, 6) is -4.32. The van der Waals surface area contributed by atoms with Gasteiger partial charge in [0.05, 0.1) is 13.1 Å². The molecule has 0 aromatic heterocycles. The molecule has 0 spiro atoms. The standard InChI is InChI=1S/C39H39N5O9/c45-26-16-14-25(15-17-26)19-33(44-39(52)53-23-31-29-12-6-4-10-27(29)28-11-5-7-13-30(28)31)38(51)42-21-35(47)43-32(18-24-8-2-1-3-9-24)37(50)41-20-34(46)40-22-36(48)49/h1-17,31-33,45H,18-23H2,(H,40,46)(H,41,50)(H,42,51)(H,43,47)(H,44,52)(H,48,49)/t32-,33-/m0/s1. The van der Waals surface area contributed by atoms with Gasteiger partial charge in [0.1, 0.15) is 31.0 Å². The van der Waals surface area contributed by atoms with Crippen molar-refractivity contribution < 1.29 is 43.7 Å². The van der Waals surface area contributed by atoms with Crippen molar-refractivity contribution in [2.24, 2.45) is 0 Å². The van der Waals surface area contributed by atoms with E-state index < -0.39 is 67.4 Å². The number of aromatic hydroxyl groups is 1. The number of hydrogen-bond donors (Lipinski definition) is 7. The monoisotopic (exact) mass is 721 g/mol. The highest BCUT2D eigenvalue weighted by Crippen LogP contribution is 2.44. The average Bonchev–Trinajstić information content (AvgIpc) is 3.48. The summed E-state index contributed by atoms with van der Waals surface area (Å²) < 4.78 is 5.65. The molecule has 0 aliphatic heterocycles. The van der Waals surface area contributed by atoms with Gasteiger partial charge in [-0.1, -0.05) is 91.0 Å². The summed E-state index contributed by atoms with van der Waals surface area (Å²) in [6.45, 7) is -1.69. The van der Waals surface area contributed by atoms with E-state index in [4.69, 9.17) is 9.84 Å². The predicted molar refractivity (Wildman–Crippen MR) is 193 cm³/mol. The molecule has 5 amide bonds. The maximum Gasteiger partial charge on any atom is 0.407 e. The number of fused-ring (bicyclic) bond motifs is 3. The van der Waals surface area contributed by atoms with Crippen LogP contribution in [0, 0.1) is 0 Å². The fraction of sp³-hybridized carbons (Fsp3) is 0.231. The van der Waals surface area contributed by atoms with Gasteiger partial charge in [-0.2, -0.15) is 0 Å². The molecular weight excluding hydrogens is 682 g/mol. The van der Waals surface area contributed by atoms with Crippen molar-refractivity contribution in [2.45, 2.75) is 30.8 Å². The maximum atomic E-state index is 13.5. The smallest absolute Gasteiger partial charge is 0.407 e. The number of benzene rings is 4. The fourth-order valence-electron chi connectivity index (χ4n) is 5.98. The number of ether oxygens (including phenoxy) is 1. The number of carboxylic acid groups (broad SMARTS) is 1. The van der Waals surface area contributed by atoms with E-state index in [0.717, 1.165) is 22.3 Å². The highest BCUT2D eigenvalue weighted by Gasteiger charge is 2.30. The lowest BCUT2D eigenvalue weighted by Crippen LogP contribution is -2.54. The van der Waals surface area contributed by atoms with E-state index in [1.807, 2.05) is 48.5 Å². The molecule has 2 atom stereocenters. The predicted octanol–water partition coefficient (Wildman–Crippen LogP) is 2.00. The first-order valence-electron chi connectivity index (χ1n) is 16.8. The molecular formula is C39H39N5O9. The fourth-order valence-corrected chi connectivity index (χ4v) is 5.98. The van der Waals surface area contributed by atoms with Gasteiger partial charge in [0, 0.05) is 18.8 Å². The topological polar surface area (TPSA) is 212 Å². The Bertz CT molecular complexity index is 1910. The van der Waals surface area contributed by atoms with Gasteiger partial charge in [-0.3, -0.25) is 24.0 Å². The first-order valence-corrected chi connectivity index (χ1v) is 16.8. The highest BCUT2D eigenvalue weighted by atomic mass is 16.5. The lowest BCUT2D eigenvalue weighted by Gasteiger charge is -2.21. The second-order valence-corrected chi connectivity index (χ2v) is 12.3. The Morgan fingerprint density at radius 3 is 1.68 bits per heavy atom. The molecule has 4 aromatic rings. The Balaban J connectivity index is 1.21. The average molecular weight is 722 g/mol. The molecule has 4 aromatic carbocycles. The molecule has 0 bridgehead atoms. The normalized spacial score (nSPS) is 12.6. The second kappa shape index (κ2) is 18.0. The molecule has 0 unspecified atom stereocenters. The molecule has 0 heterocycles. The molecule has 0 radical (unpaired) electrons. The van der Waals surface area contributed by atoms with E-state index in [9.17, 15) is 33.9 Å². The van der Waals surface area contributed by atoms with Crippen molar-refractivity contribution in [1.29, 1.82) is 0 Å². The van der Waals surface area contributed by atoms with Gasteiger partial charge in [0.25, 0.3) is 0 Å². The summed E-state index contributed by atoms with van der Waals surface area (Å²) in [7, 11) is 0. The Kier molecular flexibility index (Phi) is 12.7. The molecule has 0 fully saturated rings. The number of alkyl carbamates (subject to hydrolysis) is 1. The number of nitrogens with one attached hydrogen (secondary N) is 5. The number of amides is 5. The Morgan fingerprint density at radius 2 is 1.09 bits per heavy atom. The Labute approximate surface area is 304 Å². The number of rotatable bonds is 16. The van der Waals surface area contributed by atoms with Gasteiger partial charge >= 0.3 is 12.1 Å². The zero-order valence-corrected chi connectivity index (χ0v) is 28.5. The molecule has 53 heavy (non-hydrogen) atoms. The number of hydrogen-bond acceptors (Lipinski definition) is 8. The molecule has 14 nitrogen and oxygen atoms in total. The number of aliphatic carboxylic acids is 1. The summed E-state index contributed by atoms with van der Waals surface area (Å²) >= 11 is 0. The van der Waals surface area contributed by atoms with E-state index in [1.54, 1.807) is 42.5 Å². The van der Waals surface area contributed by atoms with E-state index in [1.165, 1.54) is 12.1 Å². The molecule has 0 saturated carbocycles. The van der Waals surface area contributed by atoms with Gasteiger partial charge in [0.15, 0.2) is 0 Å². The number of carbonyl (C=O) groups excluding carboxylic acids is 5. The molecule has 1 aliphatic rings. The zero-order valence-electron chi connectivity index (χ0n) is 28.5. The number of carbonyl (C=O) groups is 6. The number of carboxylic acids is 1. The van der Waals surface area contributed by atoms with Crippen LogP contribution in [0.2, 0.25) is 0 Å². The van der Waals surface area contributed by atoms with Crippen molar-refractivity contribution >= 4 is 35.7 Å². The molecule has 0 saturated heterocycles. The van der Waals surface area contributed by atoms with Crippen molar-refractivity contribution in [1.82, 2.24) is 26.6 Å². The minimum absolute atomic E-state index is 0.000901. The van der Waals surface area contributed by atoms with Crippen LogP contribution in [0.15, 0.2) is 103 Å². The summed E-state index contributed by atoms with van der Waals surface area (Å²) in [6.07, 6.45) is -0.793. The van der Waals surface area contributed by atoms with Gasteiger partial charge in [-0.25, -0.2) is 4.79 Å². The lowest BCUT2D eigenvalue weighted by molar-refractivity contribution is -0.138. The van der Waals surface area contributed by atoms with Crippen LogP contribution in [-0.2, 0) is 41.6 Å². The Morgan fingerprint density at radius 1 is 0.585 bits per heavy atom. The molecule has 7 N–H and O–H groups in total. The highest BCUT2D eigenvalue weighted by molar-refractivity contribution is 5.93. The third-order valence-electron chi connectivity index (χ3n) is 8.55. The first-order chi connectivity index (χ1) is 25.6. The van der Waals surface area contributed by atoms with Gasteiger partial charge in [-0.05, 0) is 45.5 Å². The third-order valence-corrected chi connectivity index (χ3v) is 8.55. The van der Waals surface area contributed by atoms with Gasteiger partial charge in [0.2, 0.25) is 23.6 Å². The van der Waals surface area contributed by atoms with Gasteiger partial charge < -0.3 is 41.5 Å². The van der Waals surface area contributed by atoms with Crippen LogP contribution in [0.25, 0.3) is 11.1 Å². The van der Waals surface area contributed by atoms with Crippen molar-refractivity contribution in [2.75, 3.05) is 26.2 Å². The maximum absolute atomic E-state index is 13.5. The van der Waals surface area contributed by atoms with E-state index in [0.29, 0.717) is 11.1 Å². The van der Waals surface area contributed by atoms with Crippen molar-refractivity contribution in [3.8, 4) is 16.9 Å². The second-order valence-electron chi connectivity index (χ2n) is 12.3. The van der Waals surface area contributed by atoms with Crippen LogP contribution >= 0.6 is 0 Å².